The van der Waals surface area contributed by atoms with Crippen LogP contribution in [0.4, 0.5) is 5.69 Å². The van der Waals surface area contributed by atoms with Gasteiger partial charge in [-0.2, -0.15) is 0 Å². The Morgan fingerprint density at radius 3 is 2.58 bits per heavy atom. The monoisotopic (exact) mass is 496 g/mol. The summed E-state index contributed by atoms with van der Waals surface area (Å²) in [7, 11) is 0. The van der Waals surface area contributed by atoms with Gasteiger partial charge in [-0.15, -0.1) is 0 Å². The number of fused-ring (bicyclic) bond motifs is 1. The lowest BCUT2D eigenvalue weighted by Gasteiger charge is -2.28. The van der Waals surface area contributed by atoms with Crippen LogP contribution >= 0.6 is 12.2 Å². The zero-order chi connectivity index (χ0) is 25.0. The molecule has 1 fully saturated rings. The van der Waals surface area contributed by atoms with E-state index in [9.17, 15) is 0 Å². The van der Waals surface area contributed by atoms with Gasteiger partial charge in [-0.1, -0.05) is 18.2 Å². The Morgan fingerprint density at radius 1 is 0.944 bits per heavy atom. The average Bonchev–Trinajstić information content (AvgIpc) is 3.56. The smallest absolute Gasteiger partial charge is 0.231 e. The number of anilines is 1. The predicted octanol–water partition coefficient (Wildman–Crippen LogP) is 6.01. The molecule has 2 aliphatic heterocycles. The van der Waals surface area contributed by atoms with Crippen molar-refractivity contribution in [3.63, 3.8) is 0 Å². The summed E-state index contributed by atoms with van der Waals surface area (Å²) in [5.74, 6) is 1.49. The summed E-state index contributed by atoms with van der Waals surface area (Å²) in [5, 5.41) is 4.22. The zero-order valence-electron chi connectivity index (χ0n) is 20.8. The van der Waals surface area contributed by atoms with Crippen LogP contribution in [0.15, 0.2) is 66.9 Å². The van der Waals surface area contributed by atoms with E-state index >= 15 is 0 Å². The first-order valence-corrected chi connectivity index (χ1v) is 12.5. The first-order chi connectivity index (χ1) is 17.4. The van der Waals surface area contributed by atoms with Gasteiger partial charge in [-0.25, -0.2) is 0 Å². The first kappa shape index (κ1) is 22.6. The standard InChI is InChI=1S/C29H28N4O2S/c1-17-8-9-18(2)24(13-17)32-19(3)14-22(20(32)4)28-27(23-7-5-6-12-30-23)31-29(36)33(28)21-10-11-25-26(15-21)35-16-34-25/h5-15,27-28H,16H2,1-4H3,(H,31,36)/t27-,28-/m0/s1. The highest BCUT2D eigenvalue weighted by Gasteiger charge is 2.42. The third-order valence-corrected chi connectivity index (χ3v) is 7.44. The third-order valence-electron chi connectivity index (χ3n) is 7.13. The van der Waals surface area contributed by atoms with E-state index in [1.165, 1.54) is 33.8 Å². The van der Waals surface area contributed by atoms with E-state index in [2.05, 4.69) is 72.8 Å². The minimum atomic E-state index is -0.114. The molecule has 182 valence electrons. The highest BCUT2D eigenvalue weighted by Crippen LogP contribution is 2.46. The molecule has 0 bridgehead atoms. The summed E-state index contributed by atoms with van der Waals surface area (Å²) in [6.45, 7) is 8.89. The second-order valence-electron chi connectivity index (χ2n) is 9.49. The number of benzene rings is 2. The average molecular weight is 497 g/mol. The summed E-state index contributed by atoms with van der Waals surface area (Å²) in [6, 6.07) is 20.7. The van der Waals surface area contributed by atoms with Gasteiger partial charge in [0.25, 0.3) is 0 Å². The molecule has 0 spiro atoms. The molecule has 4 aromatic rings. The van der Waals surface area contributed by atoms with Gasteiger partial charge in [0.1, 0.15) is 0 Å². The number of ether oxygens (including phenoxy) is 2. The second-order valence-corrected chi connectivity index (χ2v) is 9.87. The molecule has 2 aromatic carbocycles. The molecule has 0 saturated carbocycles. The van der Waals surface area contributed by atoms with Crippen molar-refractivity contribution < 1.29 is 9.47 Å². The molecule has 0 amide bonds. The van der Waals surface area contributed by atoms with Crippen molar-refractivity contribution in [1.82, 2.24) is 14.9 Å². The SMILES string of the molecule is Cc1ccc(C)c(-n2c(C)cc([C@H]3[C@H](c4ccccn4)NC(=S)N3c3ccc4c(c3)OCO4)c2C)c1. The van der Waals surface area contributed by atoms with Crippen molar-refractivity contribution in [2.24, 2.45) is 0 Å². The van der Waals surface area contributed by atoms with Gasteiger partial charge >= 0.3 is 0 Å². The maximum absolute atomic E-state index is 5.93. The van der Waals surface area contributed by atoms with Crippen LogP contribution in [0.1, 0.15) is 45.9 Å². The topological polar surface area (TPSA) is 51.6 Å². The summed E-state index contributed by atoms with van der Waals surface area (Å²) in [4.78, 5) is 6.89. The van der Waals surface area contributed by atoms with Gasteiger partial charge in [0, 0.05) is 35.0 Å². The van der Waals surface area contributed by atoms with Crippen LogP contribution in [0.2, 0.25) is 0 Å². The second kappa shape index (κ2) is 8.68. The number of hydrogen-bond acceptors (Lipinski definition) is 4. The molecule has 1 N–H and O–H groups in total. The first-order valence-electron chi connectivity index (χ1n) is 12.1. The number of hydrogen-bond donors (Lipinski definition) is 1. The fraction of sp³-hybridized carbons (Fsp3) is 0.241. The van der Waals surface area contributed by atoms with Crippen LogP contribution in [0.25, 0.3) is 5.69 Å². The fourth-order valence-electron chi connectivity index (χ4n) is 5.40. The highest BCUT2D eigenvalue weighted by atomic mass is 32.1. The van der Waals surface area contributed by atoms with E-state index in [0.29, 0.717) is 5.11 Å². The van der Waals surface area contributed by atoms with Crippen molar-refractivity contribution in [2.75, 3.05) is 11.7 Å². The van der Waals surface area contributed by atoms with E-state index in [1.807, 2.05) is 36.5 Å². The number of thiocarbonyl (C=S) groups is 1. The molecule has 0 unspecified atom stereocenters. The van der Waals surface area contributed by atoms with Gasteiger partial charge in [0.2, 0.25) is 6.79 Å². The summed E-state index contributed by atoms with van der Waals surface area (Å²) < 4.78 is 13.6. The summed E-state index contributed by atoms with van der Waals surface area (Å²) >= 11 is 5.93. The molecule has 2 aromatic heterocycles. The third kappa shape index (κ3) is 3.62. The van der Waals surface area contributed by atoms with E-state index in [-0.39, 0.29) is 18.9 Å². The Balaban J connectivity index is 1.53. The number of rotatable bonds is 4. The molecule has 6 rings (SSSR count). The van der Waals surface area contributed by atoms with E-state index < -0.39 is 0 Å². The number of aryl methyl sites for hydroxylation is 3. The quantitative estimate of drug-likeness (QED) is 0.349. The molecule has 2 aliphatic rings. The van der Waals surface area contributed by atoms with Gasteiger partial charge in [-0.3, -0.25) is 4.98 Å². The molecule has 2 atom stereocenters. The molecule has 6 nitrogen and oxygen atoms in total. The van der Waals surface area contributed by atoms with E-state index in [1.54, 1.807) is 0 Å². The molecule has 1 saturated heterocycles. The van der Waals surface area contributed by atoms with Gasteiger partial charge in [-0.05, 0) is 93.0 Å². The fourth-order valence-corrected chi connectivity index (χ4v) is 5.75. The normalized spacial score (nSPS) is 18.6. The van der Waals surface area contributed by atoms with E-state index in [0.717, 1.165) is 22.9 Å². The Morgan fingerprint density at radius 2 is 1.78 bits per heavy atom. The lowest BCUT2D eigenvalue weighted by molar-refractivity contribution is 0.174. The van der Waals surface area contributed by atoms with Crippen molar-refractivity contribution in [3.05, 3.63) is 101 Å². The number of nitrogens with zero attached hydrogens (tertiary/aromatic N) is 3. The van der Waals surface area contributed by atoms with Crippen LogP contribution in [0.5, 0.6) is 11.5 Å². The maximum atomic E-state index is 5.93. The van der Waals surface area contributed by atoms with Crippen molar-refractivity contribution in [2.45, 2.75) is 39.8 Å². The van der Waals surface area contributed by atoms with Crippen LogP contribution in [-0.4, -0.2) is 21.5 Å². The van der Waals surface area contributed by atoms with Crippen LogP contribution in [-0.2, 0) is 0 Å². The molecule has 4 heterocycles. The van der Waals surface area contributed by atoms with E-state index in [4.69, 9.17) is 26.7 Å². The Hall–Kier alpha value is -3.84. The van der Waals surface area contributed by atoms with Gasteiger partial charge < -0.3 is 24.3 Å². The van der Waals surface area contributed by atoms with Crippen LogP contribution in [0.3, 0.4) is 0 Å². The molecular weight excluding hydrogens is 468 g/mol. The molecule has 7 heteroatoms. The van der Waals surface area contributed by atoms with Crippen LogP contribution in [0, 0.1) is 27.7 Å². The molecule has 0 aliphatic carbocycles. The minimum Gasteiger partial charge on any atom is -0.454 e. The van der Waals surface area contributed by atoms with Crippen molar-refractivity contribution in [3.8, 4) is 17.2 Å². The Bertz CT molecular complexity index is 1480. The lowest BCUT2D eigenvalue weighted by atomic mass is 9.96. The largest absolute Gasteiger partial charge is 0.454 e. The van der Waals surface area contributed by atoms with Crippen LogP contribution < -0.4 is 19.7 Å². The van der Waals surface area contributed by atoms with Gasteiger partial charge in [0.15, 0.2) is 16.6 Å². The summed E-state index contributed by atoms with van der Waals surface area (Å²) in [5.41, 5.74) is 9.15. The predicted molar refractivity (Wildman–Crippen MR) is 145 cm³/mol. The van der Waals surface area contributed by atoms with Gasteiger partial charge in [0.05, 0.1) is 17.8 Å². The maximum Gasteiger partial charge on any atom is 0.231 e. The lowest BCUT2D eigenvalue weighted by Crippen LogP contribution is -2.29. The summed E-state index contributed by atoms with van der Waals surface area (Å²) in [6.07, 6.45) is 1.83. The number of aromatic nitrogens is 2. The molecular formula is C29H28N4O2S. The highest BCUT2D eigenvalue weighted by molar-refractivity contribution is 7.80. The molecule has 36 heavy (non-hydrogen) atoms. The molecule has 0 radical (unpaired) electrons. The number of nitrogens with one attached hydrogen (secondary N) is 1. The Labute approximate surface area is 216 Å². The van der Waals surface area contributed by atoms with Crippen molar-refractivity contribution in [1.29, 1.82) is 0 Å². The zero-order valence-corrected chi connectivity index (χ0v) is 21.6. The number of pyridine rings is 1. The Kier molecular flexibility index (Phi) is 5.45. The minimum absolute atomic E-state index is 0.0992. The van der Waals surface area contributed by atoms with Crippen molar-refractivity contribution >= 4 is 23.0 Å².